The zero-order valence-electron chi connectivity index (χ0n) is 26.0. The largest absolute Gasteiger partial charge is 0.505 e. The molecule has 7 aromatic rings. The number of nitrogens with zero attached hydrogens (tertiary/aromatic N) is 6. The van der Waals surface area contributed by atoms with E-state index in [1.807, 2.05) is 62.4 Å². The number of hydrogen-bond donors (Lipinski definition) is 4. The van der Waals surface area contributed by atoms with Crippen LogP contribution in [0.25, 0.3) is 33.4 Å². The predicted molar refractivity (Wildman–Crippen MR) is 180 cm³/mol. The van der Waals surface area contributed by atoms with Gasteiger partial charge in [0, 0.05) is 35.1 Å². The van der Waals surface area contributed by atoms with Crippen molar-refractivity contribution in [3.05, 3.63) is 129 Å². The maximum absolute atomic E-state index is 12.8. The molecule has 2 aromatic heterocycles. The van der Waals surface area contributed by atoms with E-state index in [-0.39, 0.29) is 35.5 Å². The molecule has 0 spiro atoms. The number of hydrogen-bond acceptors (Lipinski definition) is 8. The summed E-state index contributed by atoms with van der Waals surface area (Å²) in [6.07, 6.45) is 0.00310. The fourth-order valence-electron chi connectivity index (χ4n) is 6.12. The van der Waals surface area contributed by atoms with E-state index in [0.29, 0.717) is 55.7 Å². The summed E-state index contributed by atoms with van der Waals surface area (Å²) >= 11 is 0. The molecule has 6 N–H and O–H groups in total. The lowest BCUT2D eigenvalue weighted by Gasteiger charge is -2.19. The maximum atomic E-state index is 12.8. The molecule has 5 aromatic carbocycles. The Morgan fingerprint density at radius 2 is 0.917 bits per heavy atom. The quantitative estimate of drug-likeness (QED) is 0.186. The SMILES string of the molecule is Cc1cc(Cc2c(C(N)=O)ccc(C(N)=O)c2Cc2cc(C)cc(-n3nc4ccccc4n3)c2O)c(O)c(-n2nc3ccccc3n2)c1. The molecule has 0 aliphatic carbocycles. The number of phenolic OH excluding ortho intramolecular Hbond substituents is 2. The third-order valence-electron chi connectivity index (χ3n) is 8.33. The van der Waals surface area contributed by atoms with E-state index in [9.17, 15) is 19.8 Å². The van der Waals surface area contributed by atoms with Gasteiger partial charge in [-0.15, -0.1) is 30.0 Å². The second-order valence-electron chi connectivity index (χ2n) is 11.7. The van der Waals surface area contributed by atoms with Crippen molar-refractivity contribution in [2.45, 2.75) is 26.7 Å². The summed E-state index contributed by atoms with van der Waals surface area (Å²) in [4.78, 5) is 28.4. The van der Waals surface area contributed by atoms with Gasteiger partial charge in [0.05, 0.1) is 0 Å². The van der Waals surface area contributed by atoms with E-state index in [4.69, 9.17) is 11.5 Å². The van der Waals surface area contributed by atoms with Crippen LogP contribution in [0.15, 0.2) is 84.9 Å². The first-order valence-corrected chi connectivity index (χ1v) is 15.1. The molecule has 7 rings (SSSR count). The first kappa shape index (κ1) is 30.1. The molecule has 0 atom stereocenters. The van der Waals surface area contributed by atoms with Crippen LogP contribution in [0.4, 0.5) is 0 Å². The van der Waals surface area contributed by atoms with Crippen molar-refractivity contribution in [2.24, 2.45) is 11.5 Å². The van der Waals surface area contributed by atoms with Crippen LogP contribution in [0.3, 0.4) is 0 Å². The minimum Gasteiger partial charge on any atom is -0.505 e. The highest BCUT2D eigenvalue weighted by molar-refractivity contribution is 5.99. The zero-order chi connectivity index (χ0) is 33.7. The lowest BCUT2D eigenvalue weighted by atomic mass is 9.86. The maximum Gasteiger partial charge on any atom is 0.248 e. The molecule has 0 fully saturated rings. The highest BCUT2D eigenvalue weighted by Crippen LogP contribution is 2.35. The number of nitrogens with two attached hydrogens (primary N) is 2. The standard InChI is InChI=1S/C36H30N8O4/c1-19-13-21(33(45)31(15-19)43-39-27-7-3-4-8-28(27)40-43)17-25-23(35(37)47)11-12-24(36(38)48)26(25)18-22-14-20(2)16-32(34(22)46)44-41-29-9-5-6-10-30(29)42-44/h3-16,45-46H,17-18H2,1-2H3,(H2,37,47)(H2,38,48). The third-order valence-corrected chi connectivity index (χ3v) is 8.33. The Morgan fingerprint density at radius 1 is 0.583 bits per heavy atom. The number of aryl methyl sites for hydroxylation is 2. The second kappa shape index (κ2) is 11.7. The Kier molecular flexibility index (Phi) is 7.32. The van der Waals surface area contributed by atoms with E-state index < -0.39 is 11.8 Å². The van der Waals surface area contributed by atoms with Gasteiger partial charge in [0.1, 0.15) is 44.9 Å². The van der Waals surface area contributed by atoms with E-state index >= 15 is 0 Å². The summed E-state index contributed by atoms with van der Waals surface area (Å²) in [6, 6.07) is 24.7. The predicted octanol–water partition coefficient (Wildman–Crippen LogP) is 4.56. The summed E-state index contributed by atoms with van der Waals surface area (Å²) in [5.74, 6) is -1.67. The molecule has 0 unspecified atom stereocenters. The molecule has 12 nitrogen and oxygen atoms in total. The molecule has 238 valence electrons. The number of phenols is 2. The summed E-state index contributed by atoms with van der Waals surface area (Å²) < 4.78 is 0. The lowest BCUT2D eigenvalue weighted by Crippen LogP contribution is -2.21. The van der Waals surface area contributed by atoms with Crippen molar-refractivity contribution >= 4 is 33.9 Å². The molecule has 48 heavy (non-hydrogen) atoms. The molecule has 0 aliphatic heterocycles. The molecule has 2 amide bonds. The van der Waals surface area contributed by atoms with Crippen LogP contribution >= 0.6 is 0 Å². The highest BCUT2D eigenvalue weighted by atomic mass is 16.3. The van der Waals surface area contributed by atoms with Gasteiger partial charge in [-0.25, -0.2) is 0 Å². The van der Waals surface area contributed by atoms with Crippen LogP contribution in [0, 0.1) is 13.8 Å². The van der Waals surface area contributed by atoms with Gasteiger partial charge < -0.3 is 21.7 Å². The number of aromatic nitrogens is 6. The Bertz CT molecular complexity index is 2190. The summed E-state index contributed by atoms with van der Waals surface area (Å²) in [6.45, 7) is 3.73. The highest BCUT2D eigenvalue weighted by Gasteiger charge is 2.24. The second-order valence-corrected chi connectivity index (χ2v) is 11.7. The molecular weight excluding hydrogens is 608 g/mol. The molecule has 0 bridgehead atoms. The van der Waals surface area contributed by atoms with E-state index in [2.05, 4.69) is 20.4 Å². The fraction of sp³-hybridized carbons (Fsp3) is 0.111. The number of benzene rings is 5. The van der Waals surface area contributed by atoms with Crippen LogP contribution in [0.5, 0.6) is 11.5 Å². The van der Waals surface area contributed by atoms with Crippen molar-refractivity contribution in [1.29, 1.82) is 0 Å². The van der Waals surface area contributed by atoms with Crippen LogP contribution in [0.2, 0.25) is 0 Å². The average molecular weight is 639 g/mol. The van der Waals surface area contributed by atoms with Crippen LogP contribution in [0.1, 0.15) is 54.1 Å². The van der Waals surface area contributed by atoms with Gasteiger partial charge >= 0.3 is 0 Å². The number of amides is 2. The molecular formula is C36H30N8O4. The lowest BCUT2D eigenvalue weighted by molar-refractivity contribution is 0.0987. The molecule has 0 saturated carbocycles. The van der Waals surface area contributed by atoms with Gasteiger partial charge in [-0.05, 0) is 84.6 Å². The van der Waals surface area contributed by atoms with Crippen molar-refractivity contribution in [1.82, 2.24) is 30.0 Å². The minimum absolute atomic E-state index is 0.00155. The van der Waals surface area contributed by atoms with Crippen LogP contribution < -0.4 is 11.5 Å². The topological polar surface area (TPSA) is 188 Å². The van der Waals surface area contributed by atoms with E-state index in [1.54, 1.807) is 24.3 Å². The number of aromatic hydroxyl groups is 2. The van der Waals surface area contributed by atoms with Crippen molar-refractivity contribution < 1.29 is 19.8 Å². The van der Waals surface area contributed by atoms with Crippen molar-refractivity contribution in [2.75, 3.05) is 0 Å². The molecule has 0 radical (unpaired) electrons. The Hall–Kier alpha value is -6.56. The van der Waals surface area contributed by atoms with Crippen LogP contribution in [-0.2, 0) is 12.8 Å². The first-order chi connectivity index (χ1) is 23.1. The van der Waals surface area contributed by atoms with E-state index in [1.165, 1.54) is 21.7 Å². The number of primary amides is 2. The van der Waals surface area contributed by atoms with Crippen molar-refractivity contribution in [3.8, 4) is 22.9 Å². The summed E-state index contributed by atoms with van der Waals surface area (Å²) in [5, 5.41) is 41.3. The van der Waals surface area contributed by atoms with E-state index in [0.717, 1.165) is 11.1 Å². The fourth-order valence-corrected chi connectivity index (χ4v) is 6.12. The monoisotopic (exact) mass is 638 g/mol. The zero-order valence-corrected chi connectivity index (χ0v) is 26.0. The smallest absolute Gasteiger partial charge is 0.248 e. The molecule has 0 aliphatic rings. The van der Waals surface area contributed by atoms with Gasteiger partial charge in [0.25, 0.3) is 0 Å². The Balaban J connectivity index is 1.37. The number of carbonyl (C=O) groups excluding carboxylic acids is 2. The van der Waals surface area contributed by atoms with Gasteiger partial charge in [0.2, 0.25) is 11.8 Å². The van der Waals surface area contributed by atoms with Crippen LogP contribution in [-0.4, -0.2) is 52.0 Å². The molecule has 0 saturated heterocycles. The summed E-state index contributed by atoms with van der Waals surface area (Å²) in [7, 11) is 0. The van der Waals surface area contributed by atoms with Gasteiger partial charge in [0.15, 0.2) is 0 Å². The number of fused-ring (bicyclic) bond motifs is 2. The number of carbonyl (C=O) groups is 2. The minimum atomic E-state index is -0.726. The van der Waals surface area contributed by atoms with Crippen molar-refractivity contribution in [3.63, 3.8) is 0 Å². The van der Waals surface area contributed by atoms with Gasteiger partial charge in [-0.1, -0.05) is 36.4 Å². The number of rotatable bonds is 8. The molecule has 12 heteroatoms. The summed E-state index contributed by atoms with van der Waals surface area (Å²) in [5.41, 5.74) is 18.6. The molecule has 2 heterocycles. The average Bonchev–Trinajstić information content (AvgIpc) is 3.69. The Morgan fingerprint density at radius 3 is 1.23 bits per heavy atom. The Labute approximate surface area is 273 Å². The third kappa shape index (κ3) is 5.34. The first-order valence-electron chi connectivity index (χ1n) is 15.1. The van der Waals surface area contributed by atoms with Gasteiger partial charge in [-0.2, -0.15) is 0 Å². The van der Waals surface area contributed by atoms with Gasteiger partial charge in [-0.3, -0.25) is 9.59 Å². The normalized spacial score (nSPS) is 11.4.